The van der Waals surface area contributed by atoms with Gasteiger partial charge in [0.1, 0.15) is 5.65 Å². The van der Waals surface area contributed by atoms with Crippen LogP contribution in [0, 0.1) is 13.8 Å². The fraction of sp³-hybridized carbons (Fsp3) is 0.222. The Bertz CT molecular complexity index is 392. The van der Waals surface area contributed by atoms with Crippen molar-refractivity contribution < 1.29 is 0 Å². The predicted octanol–water partition coefficient (Wildman–Crippen LogP) is 2.71. The standard InChI is InChI=1S/C9H9BrN2/c1-6-3-9-11-7(2)4-12(9)5-8(6)10/h3-5H,1-2H3. The van der Waals surface area contributed by atoms with Crippen LogP contribution in [0.25, 0.3) is 5.65 Å². The van der Waals surface area contributed by atoms with Gasteiger partial charge in [-0.3, -0.25) is 0 Å². The summed E-state index contributed by atoms with van der Waals surface area (Å²) < 4.78 is 3.14. The van der Waals surface area contributed by atoms with Gasteiger partial charge in [-0.2, -0.15) is 0 Å². The first-order valence-corrected chi connectivity index (χ1v) is 4.57. The van der Waals surface area contributed by atoms with Crippen molar-refractivity contribution in [1.82, 2.24) is 9.38 Å². The lowest BCUT2D eigenvalue weighted by molar-refractivity contribution is 1.15. The minimum absolute atomic E-state index is 1.01. The highest BCUT2D eigenvalue weighted by molar-refractivity contribution is 9.10. The molecule has 0 amide bonds. The number of halogens is 1. The number of aromatic nitrogens is 2. The van der Waals surface area contributed by atoms with Crippen molar-refractivity contribution in [2.75, 3.05) is 0 Å². The Balaban J connectivity index is 2.83. The Labute approximate surface area is 79.4 Å². The lowest BCUT2D eigenvalue weighted by Gasteiger charge is -1.98. The van der Waals surface area contributed by atoms with Crippen molar-refractivity contribution in [2.45, 2.75) is 13.8 Å². The summed E-state index contributed by atoms with van der Waals surface area (Å²) in [5.41, 5.74) is 3.27. The highest BCUT2D eigenvalue weighted by Crippen LogP contribution is 2.17. The van der Waals surface area contributed by atoms with Gasteiger partial charge in [0.05, 0.1) is 5.69 Å². The van der Waals surface area contributed by atoms with Crippen LogP contribution in [0.3, 0.4) is 0 Å². The first-order chi connectivity index (χ1) is 5.66. The molecule has 0 bridgehead atoms. The van der Waals surface area contributed by atoms with Crippen molar-refractivity contribution in [1.29, 1.82) is 0 Å². The average Bonchev–Trinajstić information content (AvgIpc) is 2.30. The van der Waals surface area contributed by atoms with E-state index < -0.39 is 0 Å². The van der Waals surface area contributed by atoms with Gasteiger partial charge in [0.25, 0.3) is 0 Å². The van der Waals surface area contributed by atoms with Crippen molar-refractivity contribution in [3.63, 3.8) is 0 Å². The molecule has 0 aromatic carbocycles. The van der Waals surface area contributed by atoms with E-state index in [1.165, 1.54) is 5.56 Å². The lowest BCUT2D eigenvalue weighted by atomic mass is 10.3. The molecule has 0 fully saturated rings. The summed E-state index contributed by atoms with van der Waals surface area (Å²) in [6.07, 6.45) is 4.05. The molecular weight excluding hydrogens is 216 g/mol. The number of nitrogens with zero attached hydrogens (tertiary/aromatic N) is 2. The van der Waals surface area contributed by atoms with Gasteiger partial charge in [-0.25, -0.2) is 4.98 Å². The number of hydrogen-bond donors (Lipinski definition) is 0. The second-order valence-corrected chi connectivity index (χ2v) is 3.81. The minimum Gasteiger partial charge on any atom is -0.306 e. The molecule has 0 spiro atoms. The molecule has 12 heavy (non-hydrogen) atoms. The lowest BCUT2D eigenvalue weighted by Crippen LogP contribution is -1.85. The summed E-state index contributed by atoms with van der Waals surface area (Å²) in [4.78, 5) is 4.36. The molecule has 62 valence electrons. The van der Waals surface area contributed by atoms with E-state index in [-0.39, 0.29) is 0 Å². The molecule has 0 saturated heterocycles. The maximum Gasteiger partial charge on any atom is 0.137 e. The third-order valence-electron chi connectivity index (χ3n) is 1.86. The highest BCUT2D eigenvalue weighted by atomic mass is 79.9. The quantitative estimate of drug-likeness (QED) is 0.673. The van der Waals surface area contributed by atoms with Crippen LogP contribution < -0.4 is 0 Å². The van der Waals surface area contributed by atoms with Gasteiger partial charge in [0.15, 0.2) is 0 Å². The second kappa shape index (κ2) is 2.59. The van der Waals surface area contributed by atoms with E-state index in [1.54, 1.807) is 0 Å². The van der Waals surface area contributed by atoms with E-state index >= 15 is 0 Å². The zero-order valence-electron chi connectivity index (χ0n) is 7.00. The van der Waals surface area contributed by atoms with Crippen LogP contribution in [0.15, 0.2) is 22.9 Å². The van der Waals surface area contributed by atoms with Gasteiger partial charge in [0.2, 0.25) is 0 Å². The average molecular weight is 225 g/mol. The largest absolute Gasteiger partial charge is 0.306 e. The van der Waals surface area contributed by atoms with Gasteiger partial charge in [-0.1, -0.05) is 0 Å². The Morgan fingerprint density at radius 3 is 2.83 bits per heavy atom. The van der Waals surface area contributed by atoms with Crippen molar-refractivity contribution in [2.24, 2.45) is 0 Å². The van der Waals surface area contributed by atoms with Gasteiger partial charge in [0, 0.05) is 16.9 Å². The molecule has 0 aliphatic carbocycles. The molecule has 0 aliphatic heterocycles. The van der Waals surface area contributed by atoms with Gasteiger partial charge >= 0.3 is 0 Å². The van der Waals surface area contributed by atoms with E-state index in [0.29, 0.717) is 0 Å². The molecule has 2 aromatic heterocycles. The van der Waals surface area contributed by atoms with Crippen LogP contribution in [0.4, 0.5) is 0 Å². The van der Waals surface area contributed by atoms with Gasteiger partial charge in [-0.05, 0) is 41.4 Å². The molecule has 2 aromatic rings. The molecule has 0 radical (unpaired) electrons. The molecule has 3 heteroatoms. The number of fused-ring (bicyclic) bond motifs is 1. The summed E-state index contributed by atoms with van der Waals surface area (Å²) in [6, 6.07) is 2.07. The topological polar surface area (TPSA) is 17.3 Å². The Morgan fingerprint density at radius 2 is 2.08 bits per heavy atom. The molecule has 0 atom stereocenters. The fourth-order valence-corrected chi connectivity index (χ4v) is 1.57. The van der Waals surface area contributed by atoms with Crippen LogP contribution in [-0.4, -0.2) is 9.38 Å². The van der Waals surface area contributed by atoms with Gasteiger partial charge in [-0.15, -0.1) is 0 Å². The zero-order valence-corrected chi connectivity index (χ0v) is 8.59. The molecule has 0 unspecified atom stereocenters. The molecule has 0 saturated carbocycles. The summed E-state index contributed by atoms with van der Waals surface area (Å²) >= 11 is 3.48. The Hall–Kier alpha value is -0.830. The molecule has 2 rings (SSSR count). The maximum atomic E-state index is 4.36. The number of rotatable bonds is 0. The number of aryl methyl sites for hydroxylation is 2. The smallest absolute Gasteiger partial charge is 0.137 e. The van der Waals surface area contributed by atoms with E-state index in [9.17, 15) is 0 Å². The summed E-state index contributed by atoms with van der Waals surface area (Å²) in [5, 5.41) is 0. The van der Waals surface area contributed by atoms with E-state index in [2.05, 4.69) is 33.9 Å². The normalized spacial score (nSPS) is 10.9. The van der Waals surface area contributed by atoms with Crippen LogP contribution in [0.2, 0.25) is 0 Å². The Kier molecular flexibility index (Phi) is 1.68. The number of pyridine rings is 1. The third kappa shape index (κ3) is 1.14. The van der Waals surface area contributed by atoms with E-state index in [1.807, 2.05) is 23.7 Å². The molecule has 2 heterocycles. The fourth-order valence-electron chi connectivity index (χ4n) is 1.23. The number of imidazole rings is 1. The molecule has 2 nitrogen and oxygen atoms in total. The molecule has 0 N–H and O–H groups in total. The minimum atomic E-state index is 1.01. The summed E-state index contributed by atoms with van der Waals surface area (Å²) in [5.74, 6) is 0. The van der Waals surface area contributed by atoms with Crippen molar-refractivity contribution in [3.8, 4) is 0 Å². The van der Waals surface area contributed by atoms with Crippen molar-refractivity contribution in [3.05, 3.63) is 34.2 Å². The summed E-state index contributed by atoms with van der Waals surface area (Å²) in [6.45, 7) is 4.06. The van der Waals surface area contributed by atoms with Crippen LogP contribution in [-0.2, 0) is 0 Å². The summed E-state index contributed by atoms with van der Waals surface area (Å²) in [7, 11) is 0. The number of hydrogen-bond acceptors (Lipinski definition) is 1. The molecular formula is C9H9BrN2. The van der Waals surface area contributed by atoms with Crippen LogP contribution in [0.1, 0.15) is 11.3 Å². The second-order valence-electron chi connectivity index (χ2n) is 2.95. The van der Waals surface area contributed by atoms with E-state index in [0.717, 1.165) is 15.8 Å². The maximum absolute atomic E-state index is 4.36. The first kappa shape index (κ1) is 7.80. The Morgan fingerprint density at radius 1 is 1.33 bits per heavy atom. The predicted molar refractivity (Wildman–Crippen MR) is 52.4 cm³/mol. The van der Waals surface area contributed by atoms with Crippen LogP contribution in [0.5, 0.6) is 0 Å². The van der Waals surface area contributed by atoms with Crippen molar-refractivity contribution >= 4 is 21.6 Å². The van der Waals surface area contributed by atoms with Crippen LogP contribution >= 0.6 is 15.9 Å². The highest BCUT2D eigenvalue weighted by Gasteiger charge is 2.00. The van der Waals surface area contributed by atoms with E-state index in [4.69, 9.17) is 0 Å². The first-order valence-electron chi connectivity index (χ1n) is 3.78. The molecule has 0 aliphatic rings. The SMILES string of the molecule is Cc1cn2cc(Br)c(C)cc2n1. The monoisotopic (exact) mass is 224 g/mol. The van der Waals surface area contributed by atoms with Gasteiger partial charge < -0.3 is 4.40 Å². The third-order valence-corrected chi connectivity index (χ3v) is 2.69. The zero-order chi connectivity index (χ0) is 8.72.